The van der Waals surface area contributed by atoms with E-state index in [4.69, 9.17) is 21.1 Å². The number of nitrogens with zero attached hydrogens (tertiary/aromatic N) is 1. The molecule has 1 saturated heterocycles. The van der Waals surface area contributed by atoms with Crippen LogP contribution in [0.4, 0.5) is 0 Å². The number of phenols is 2. The van der Waals surface area contributed by atoms with Gasteiger partial charge in [-0.15, -0.1) is 0 Å². The first kappa shape index (κ1) is 28.5. The van der Waals surface area contributed by atoms with Crippen molar-refractivity contribution in [3.8, 4) is 23.0 Å². The predicted molar refractivity (Wildman–Crippen MR) is 156 cm³/mol. The summed E-state index contributed by atoms with van der Waals surface area (Å²) in [5, 5.41) is 21.2. The number of phenolic OH excluding ortho intramolecular Hbond substituents is 2. The molecular formula is C31H33ClNO6S-. The second-order valence-electron chi connectivity index (χ2n) is 10.7. The lowest BCUT2D eigenvalue weighted by Gasteiger charge is -2.33. The highest BCUT2D eigenvalue weighted by Gasteiger charge is 2.33. The van der Waals surface area contributed by atoms with Crippen molar-refractivity contribution >= 4 is 33.8 Å². The zero-order valence-corrected chi connectivity index (χ0v) is 24.3. The lowest BCUT2D eigenvalue weighted by Crippen LogP contribution is -2.35. The lowest BCUT2D eigenvalue weighted by atomic mass is 9.84. The standard InChI is InChI=1S/C31H34ClNO6S/c1-18-12-13-33(15-18)19(2)16-38-23-7-4-21(5-8-23)31-30(24-14-22(34)6-9-26(24)32)20(3)29-25(17-40(36)37)27(35)10-11-28(29)39-31/h4-11,14,18-19,31,34-35H,12-13,15-17H2,1-3H3,(H,36,37)/p-1/t18-,19+,31?/m1/s1. The van der Waals surface area contributed by atoms with Crippen molar-refractivity contribution in [3.05, 3.63) is 81.9 Å². The van der Waals surface area contributed by atoms with Gasteiger partial charge in [0.25, 0.3) is 0 Å². The molecule has 0 radical (unpaired) electrons. The van der Waals surface area contributed by atoms with Crippen molar-refractivity contribution in [1.82, 2.24) is 4.90 Å². The molecule has 0 aliphatic carbocycles. The van der Waals surface area contributed by atoms with Gasteiger partial charge >= 0.3 is 0 Å². The molecule has 1 fully saturated rings. The highest BCUT2D eigenvalue weighted by atomic mass is 35.5. The first-order chi connectivity index (χ1) is 19.1. The third kappa shape index (κ3) is 5.86. The average Bonchev–Trinajstić information content (AvgIpc) is 3.36. The molecule has 0 spiro atoms. The maximum atomic E-state index is 11.6. The van der Waals surface area contributed by atoms with Gasteiger partial charge in [0.05, 0.1) is 0 Å². The fraction of sp³-hybridized carbons (Fsp3) is 0.355. The fourth-order valence-corrected chi connectivity index (χ4v) is 6.38. The van der Waals surface area contributed by atoms with E-state index in [1.54, 1.807) is 18.2 Å². The molecule has 0 aromatic heterocycles. The van der Waals surface area contributed by atoms with Crippen molar-refractivity contribution in [1.29, 1.82) is 0 Å². The van der Waals surface area contributed by atoms with E-state index in [-0.39, 0.29) is 22.8 Å². The van der Waals surface area contributed by atoms with E-state index < -0.39 is 17.2 Å². The number of hydrogen-bond acceptors (Lipinski definition) is 7. The van der Waals surface area contributed by atoms with Gasteiger partial charge in [-0.2, -0.15) is 0 Å². The van der Waals surface area contributed by atoms with Crippen LogP contribution in [0.25, 0.3) is 11.1 Å². The molecule has 3 aromatic rings. The van der Waals surface area contributed by atoms with Crippen LogP contribution >= 0.6 is 11.6 Å². The number of benzene rings is 3. The van der Waals surface area contributed by atoms with Gasteiger partial charge < -0.3 is 24.2 Å². The van der Waals surface area contributed by atoms with Crippen LogP contribution in [0.2, 0.25) is 5.02 Å². The number of rotatable bonds is 8. The van der Waals surface area contributed by atoms with Gasteiger partial charge in [0.15, 0.2) is 0 Å². The van der Waals surface area contributed by atoms with Crippen molar-refractivity contribution in [2.45, 2.75) is 45.1 Å². The Morgan fingerprint density at radius 2 is 1.93 bits per heavy atom. The Labute approximate surface area is 242 Å². The predicted octanol–water partition coefficient (Wildman–Crippen LogP) is 6.30. The molecule has 2 aliphatic rings. The van der Waals surface area contributed by atoms with E-state index >= 15 is 0 Å². The van der Waals surface area contributed by atoms with Crippen LogP contribution in [-0.2, 0) is 16.8 Å². The van der Waals surface area contributed by atoms with E-state index in [9.17, 15) is 19.0 Å². The number of likely N-dealkylation sites (tertiary alicyclic amines) is 1. The summed E-state index contributed by atoms with van der Waals surface area (Å²) in [5.41, 5.74) is 3.50. The average molecular weight is 583 g/mol. The summed E-state index contributed by atoms with van der Waals surface area (Å²) in [7, 11) is 0. The summed E-state index contributed by atoms with van der Waals surface area (Å²) in [6, 6.07) is 15.8. The molecule has 2 unspecified atom stereocenters. The summed E-state index contributed by atoms with van der Waals surface area (Å²) in [5.74, 6) is 1.45. The summed E-state index contributed by atoms with van der Waals surface area (Å²) in [6.07, 6.45) is 0.610. The van der Waals surface area contributed by atoms with E-state index in [1.165, 1.54) is 18.6 Å². The first-order valence-corrected chi connectivity index (χ1v) is 15.0. The SMILES string of the molecule is CC1=C(c2cc(O)ccc2Cl)C(c2ccc(OC[C@H](C)N3CC[C@@H](C)C3)cc2)Oc2ccc(O)c(CS(=O)[O-])c21. The number of ether oxygens (including phenoxy) is 2. The minimum atomic E-state index is -2.43. The van der Waals surface area contributed by atoms with Crippen LogP contribution in [0.15, 0.2) is 54.6 Å². The normalized spacial score (nSPS) is 20.6. The molecular weight excluding hydrogens is 550 g/mol. The highest BCUT2D eigenvalue weighted by molar-refractivity contribution is 7.78. The molecule has 9 heteroatoms. The molecule has 0 saturated carbocycles. The molecule has 40 heavy (non-hydrogen) atoms. The highest BCUT2D eigenvalue weighted by Crippen LogP contribution is 2.51. The van der Waals surface area contributed by atoms with E-state index in [0.29, 0.717) is 45.7 Å². The number of halogens is 1. The smallest absolute Gasteiger partial charge is 0.150 e. The molecule has 4 atom stereocenters. The third-order valence-corrected chi connectivity index (χ3v) is 8.64. The lowest BCUT2D eigenvalue weighted by molar-refractivity contribution is 0.169. The van der Waals surface area contributed by atoms with Gasteiger partial charge in [0.2, 0.25) is 0 Å². The van der Waals surface area contributed by atoms with Gasteiger partial charge in [0, 0.05) is 45.6 Å². The Balaban J connectivity index is 1.50. The first-order valence-electron chi connectivity index (χ1n) is 13.4. The van der Waals surface area contributed by atoms with Gasteiger partial charge in [0.1, 0.15) is 35.7 Å². The van der Waals surface area contributed by atoms with Crippen molar-refractivity contribution in [3.63, 3.8) is 0 Å². The third-order valence-electron chi connectivity index (χ3n) is 7.79. The van der Waals surface area contributed by atoms with E-state index in [0.717, 1.165) is 30.3 Å². The minimum absolute atomic E-state index is 0.0336. The van der Waals surface area contributed by atoms with Crippen molar-refractivity contribution in [2.75, 3.05) is 19.7 Å². The summed E-state index contributed by atoms with van der Waals surface area (Å²) >= 11 is 4.19. The van der Waals surface area contributed by atoms with Crippen LogP contribution in [0.5, 0.6) is 23.0 Å². The van der Waals surface area contributed by atoms with Gasteiger partial charge in [-0.3, -0.25) is 9.11 Å². The molecule has 212 valence electrons. The largest absolute Gasteiger partial charge is 0.772 e. The maximum absolute atomic E-state index is 11.6. The Morgan fingerprint density at radius 3 is 2.60 bits per heavy atom. The topological polar surface area (TPSA) is 102 Å². The minimum Gasteiger partial charge on any atom is -0.772 e. The quantitative estimate of drug-likeness (QED) is 0.300. The fourth-order valence-electron chi connectivity index (χ4n) is 5.63. The number of hydrogen-bond donors (Lipinski definition) is 2. The molecule has 2 aliphatic heterocycles. The Kier molecular flexibility index (Phi) is 8.42. The maximum Gasteiger partial charge on any atom is 0.150 e. The monoisotopic (exact) mass is 582 g/mol. The zero-order chi connectivity index (χ0) is 28.6. The Hall–Kier alpha value is -3.04. The van der Waals surface area contributed by atoms with Crippen LogP contribution in [0, 0.1) is 5.92 Å². The molecule has 2 heterocycles. The van der Waals surface area contributed by atoms with Crippen LogP contribution < -0.4 is 9.47 Å². The molecule has 7 nitrogen and oxygen atoms in total. The van der Waals surface area contributed by atoms with Gasteiger partial charge in [-0.05, 0) is 86.3 Å². The molecule has 5 rings (SSSR count). The molecule has 3 aromatic carbocycles. The van der Waals surface area contributed by atoms with Crippen LogP contribution in [0.1, 0.15) is 55.5 Å². The Morgan fingerprint density at radius 1 is 1.18 bits per heavy atom. The molecule has 2 N–H and O–H groups in total. The molecule has 0 amide bonds. The Bertz CT molecular complexity index is 1460. The van der Waals surface area contributed by atoms with Crippen molar-refractivity contribution in [2.24, 2.45) is 5.92 Å². The van der Waals surface area contributed by atoms with Gasteiger partial charge in [-0.25, -0.2) is 0 Å². The summed E-state index contributed by atoms with van der Waals surface area (Å²) in [4.78, 5) is 2.46. The van der Waals surface area contributed by atoms with Crippen LogP contribution in [-0.4, -0.2) is 49.6 Å². The molecule has 0 bridgehead atoms. The summed E-state index contributed by atoms with van der Waals surface area (Å²) < 4.78 is 35.9. The van der Waals surface area contributed by atoms with E-state index in [1.807, 2.05) is 31.2 Å². The summed E-state index contributed by atoms with van der Waals surface area (Å²) in [6.45, 7) is 9.10. The van der Waals surface area contributed by atoms with Crippen LogP contribution in [0.3, 0.4) is 0 Å². The second-order valence-corrected chi connectivity index (χ2v) is 12.0. The zero-order valence-electron chi connectivity index (χ0n) is 22.7. The number of allylic oxidation sites excluding steroid dienone is 1. The number of fused-ring (bicyclic) bond motifs is 1. The van der Waals surface area contributed by atoms with Crippen molar-refractivity contribution < 1.29 is 28.4 Å². The second kappa shape index (κ2) is 11.8. The van der Waals surface area contributed by atoms with E-state index in [2.05, 4.69) is 18.7 Å². The van der Waals surface area contributed by atoms with Gasteiger partial charge in [-0.1, -0.05) is 41.7 Å². The number of aromatic hydroxyl groups is 2.